The van der Waals surface area contributed by atoms with Crippen molar-refractivity contribution in [2.75, 3.05) is 12.9 Å². The minimum atomic E-state index is -4.05. The van der Waals surface area contributed by atoms with E-state index in [1.165, 1.54) is 19.3 Å². The number of benzene rings is 1. The summed E-state index contributed by atoms with van der Waals surface area (Å²) in [5.41, 5.74) is 0.945. The summed E-state index contributed by atoms with van der Waals surface area (Å²) >= 11 is 0. The SMILES string of the molecule is CC[C@H](C)[C@@H](CCCCCCCCCC[C@@H](OS(C)(=O)=O)[C@@H](O[Si](C)(C)C(C)(C)C)[C@H](CO[Si](C)(C)C(C)(C)C)NS(=O)(=O)c1ccc(C)cc1)O[Si](C)(C)C(C)(C)C. The standard InChI is InChI=1S/C45H91NO8S2Si3/c1-20-37(3)40(53-58(16,17)44(7,8)9)29-27-25-23-21-22-24-26-28-30-41(52-55(13,47)48)42(54-59(18,19)45(10,11)12)39(35-51-57(14,15)43(4,5)6)46-56(49,50)38-33-31-36(2)32-34-38/h31-34,37,39-42,46H,20-30,35H2,1-19H3/t37-,39-,40+,41+,42-/m0/s1. The van der Waals surface area contributed by atoms with Crippen molar-refractivity contribution in [2.24, 2.45) is 5.92 Å². The number of hydrogen-bond donors (Lipinski definition) is 1. The van der Waals surface area contributed by atoms with Gasteiger partial charge < -0.3 is 13.3 Å². The van der Waals surface area contributed by atoms with Gasteiger partial charge in [-0.3, -0.25) is 4.18 Å². The predicted octanol–water partition coefficient (Wildman–Crippen LogP) is 12.7. The summed E-state index contributed by atoms with van der Waals surface area (Å²) in [4.78, 5) is 0.127. The molecule has 9 nitrogen and oxygen atoms in total. The number of aryl methyl sites for hydroxylation is 1. The molecule has 0 bridgehead atoms. The van der Waals surface area contributed by atoms with Crippen LogP contribution in [0.15, 0.2) is 29.2 Å². The quantitative estimate of drug-likeness (QED) is 0.0527. The fraction of sp³-hybridized carbons (Fsp3) is 0.867. The van der Waals surface area contributed by atoms with Gasteiger partial charge in [-0.15, -0.1) is 0 Å². The number of unbranched alkanes of at least 4 members (excludes halogenated alkanes) is 7. The van der Waals surface area contributed by atoms with Gasteiger partial charge in [0.25, 0.3) is 10.1 Å². The third-order valence-electron chi connectivity index (χ3n) is 13.6. The lowest BCUT2D eigenvalue weighted by Gasteiger charge is -2.44. The molecule has 0 radical (unpaired) electrons. The van der Waals surface area contributed by atoms with Crippen molar-refractivity contribution < 1.29 is 34.3 Å². The van der Waals surface area contributed by atoms with Crippen LogP contribution in [-0.4, -0.2) is 79.0 Å². The van der Waals surface area contributed by atoms with Gasteiger partial charge >= 0.3 is 0 Å². The molecular formula is C45H91NO8S2Si3. The molecule has 0 spiro atoms. The van der Waals surface area contributed by atoms with Gasteiger partial charge in [0.2, 0.25) is 10.0 Å². The smallest absolute Gasteiger partial charge is 0.264 e. The molecule has 0 aromatic heterocycles. The van der Waals surface area contributed by atoms with Crippen molar-refractivity contribution in [3.05, 3.63) is 29.8 Å². The van der Waals surface area contributed by atoms with Crippen LogP contribution in [0.2, 0.25) is 54.4 Å². The highest BCUT2D eigenvalue weighted by Crippen LogP contribution is 2.41. The Balaban J connectivity index is 3.25. The van der Waals surface area contributed by atoms with Crippen molar-refractivity contribution in [3.63, 3.8) is 0 Å². The zero-order valence-corrected chi connectivity index (χ0v) is 45.9. The maximum absolute atomic E-state index is 14.1. The van der Waals surface area contributed by atoms with Crippen LogP contribution in [0.4, 0.5) is 0 Å². The lowest BCUT2D eigenvalue weighted by molar-refractivity contribution is 0.0105. The van der Waals surface area contributed by atoms with Gasteiger partial charge in [-0.2, -0.15) is 8.42 Å². The van der Waals surface area contributed by atoms with Crippen LogP contribution in [0.1, 0.15) is 152 Å². The second-order valence-corrected chi connectivity index (χ2v) is 39.6. The van der Waals surface area contributed by atoms with E-state index in [0.29, 0.717) is 18.4 Å². The van der Waals surface area contributed by atoms with Crippen LogP contribution in [0.3, 0.4) is 0 Å². The summed E-state index contributed by atoms with van der Waals surface area (Å²) in [5.74, 6) is 0.555. The summed E-state index contributed by atoms with van der Waals surface area (Å²) < 4.78 is 83.6. The monoisotopic (exact) mass is 922 g/mol. The minimum absolute atomic E-state index is 0.0189. The fourth-order valence-corrected chi connectivity index (χ4v) is 11.9. The molecule has 0 unspecified atom stereocenters. The molecule has 59 heavy (non-hydrogen) atoms. The third-order valence-corrected chi connectivity index (χ3v) is 29.2. The molecule has 0 aliphatic heterocycles. The van der Waals surface area contributed by atoms with Gasteiger partial charge in [-0.05, 0) is 92.2 Å². The van der Waals surface area contributed by atoms with Crippen molar-refractivity contribution >= 4 is 45.1 Å². The van der Waals surface area contributed by atoms with Crippen LogP contribution in [0, 0.1) is 12.8 Å². The summed E-state index contributed by atoms with van der Waals surface area (Å²) in [7, 11) is -14.8. The molecule has 0 saturated carbocycles. The van der Waals surface area contributed by atoms with Crippen LogP contribution in [0.5, 0.6) is 0 Å². The van der Waals surface area contributed by atoms with Crippen LogP contribution in [-0.2, 0) is 37.6 Å². The van der Waals surface area contributed by atoms with E-state index in [0.717, 1.165) is 56.8 Å². The lowest BCUT2D eigenvalue weighted by Crippen LogP contribution is -2.59. The van der Waals surface area contributed by atoms with E-state index in [4.69, 9.17) is 17.5 Å². The van der Waals surface area contributed by atoms with Crippen molar-refractivity contribution in [2.45, 2.75) is 237 Å². The van der Waals surface area contributed by atoms with E-state index in [-0.39, 0.29) is 26.6 Å². The average Bonchev–Trinajstić information content (AvgIpc) is 3.06. The molecule has 1 rings (SSSR count). The maximum atomic E-state index is 14.1. The zero-order valence-electron chi connectivity index (χ0n) is 41.3. The van der Waals surface area contributed by atoms with E-state index >= 15 is 0 Å². The summed E-state index contributed by atoms with van der Waals surface area (Å²) in [5, 5.41) is -0.177. The average molecular weight is 923 g/mol. The van der Waals surface area contributed by atoms with Crippen molar-refractivity contribution in [1.82, 2.24) is 4.72 Å². The fourth-order valence-electron chi connectivity index (χ4n) is 6.15. The first-order valence-corrected chi connectivity index (χ1v) is 34.6. The van der Waals surface area contributed by atoms with Gasteiger partial charge in [0.1, 0.15) is 6.10 Å². The largest absolute Gasteiger partial charge is 0.415 e. The Hall–Kier alpha value is -0.429. The first-order valence-electron chi connectivity index (χ1n) is 22.5. The highest BCUT2D eigenvalue weighted by Gasteiger charge is 2.46. The Kier molecular flexibility index (Phi) is 22.0. The van der Waals surface area contributed by atoms with E-state index in [1.54, 1.807) is 24.3 Å². The Morgan fingerprint density at radius 2 is 1.03 bits per heavy atom. The molecule has 0 aliphatic rings. The predicted molar refractivity (Wildman–Crippen MR) is 258 cm³/mol. The van der Waals surface area contributed by atoms with Crippen molar-refractivity contribution in [3.8, 4) is 0 Å². The molecule has 0 saturated heterocycles. The number of hydrogen-bond acceptors (Lipinski definition) is 8. The first kappa shape index (κ1) is 56.6. The van der Waals surface area contributed by atoms with E-state index in [2.05, 4.69) is 120 Å². The Bertz CT molecular complexity index is 1600. The Morgan fingerprint density at radius 1 is 0.627 bits per heavy atom. The Labute approximate surface area is 368 Å². The minimum Gasteiger partial charge on any atom is -0.415 e. The second kappa shape index (κ2) is 23.0. The third kappa shape index (κ3) is 19.5. The van der Waals surface area contributed by atoms with Crippen LogP contribution in [0.25, 0.3) is 0 Å². The van der Waals surface area contributed by atoms with Gasteiger partial charge in [-0.1, -0.05) is 152 Å². The first-order chi connectivity index (χ1) is 26.6. The van der Waals surface area contributed by atoms with Crippen LogP contribution < -0.4 is 4.72 Å². The molecule has 348 valence electrons. The van der Waals surface area contributed by atoms with E-state index in [9.17, 15) is 16.8 Å². The summed E-state index contributed by atoms with van der Waals surface area (Å²) in [6.07, 6.45) is 10.7. The number of nitrogens with one attached hydrogen (secondary N) is 1. The molecule has 5 atom stereocenters. The molecule has 0 amide bonds. The summed E-state index contributed by atoms with van der Waals surface area (Å²) in [6.45, 7) is 39.4. The van der Waals surface area contributed by atoms with Gasteiger partial charge in [0.05, 0.1) is 29.9 Å². The van der Waals surface area contributed by atoms with Gasteiger partial charge in [0, 0.05) is 6.10 Å². The van der Waals surface area contributed by atoms with E-state index < -0.39 is 63.3 Å². The molecule has 1 N–H and O–H groups in total. The molecule has 14 heteroatoms. The van der Waals surface area contributed by atoms with Gasteiger partial charge in [0.15, 0.2) is 25.0 Å². The lowest BCUT2D eigenvalue weighted by atomic mass is 9.96. The topological polar surface area (TPSA) is 117 Å². The van der Waals surface area contributed by atoms with Crippen LogP contribution >= 0.6 is 0 Å². The highest BCUT2D eigenvalue weighted by molar-refractivity contribution is 7.89. The normalized spacial score (nSPS) is 16.8. The van der Waals surface area contributed by atoms with Crippen molar-refractivity contribution in [1.29, 1.82) is 0 Å². The molecule has 0 heterocycles. The number of rotatable bonds is 27. The molecule has 1 aromatic rings. The van der Waals surface area contributed by atoms with E-state index in [1.807, 2.05) is 6.92 Å². The molecular weight excluding hydrogens is 831 g/mol. The summed E-state index contributed by atoms with van der Waals surface area (Å²) in [6, 6.07) is 5.80. The zero-order chi connectivity index (χ0) is 45.9. The maximum Gasteiger partial charge on any atom is 0.264 e. The Morgan fingerprint density at radius 3 is 1.44 bits per heavy atom. The highest BCUT2D eigenvalue weighted by atomic mass is 32.2. The number of sulfonamides is 1. The molecule has 1 aromatic carbocycles. The second-order valence-electron chi connectivity index (χ2n) is 22.0. The molecule has 0 fully saturated rings. The van der Waals surface area contributed by atoms with Gasteiger partial charge in [-0.25, -0.2) is 13.1 Å². The molecule has 0 aliphatic carbocycles.